The first-order valence-corrected chi connectivity index (χ1v) is 8.80. The van der Waals surface area contributed by atoms with E-state index in [0.717, 1.165) is 18.7 Å². The van der Waals surface area contributed by atoms with Gasteiger partial charge in [-0.25, -0.2) is 0 Å². The van der Waals surface area contributed by atoms with Gasteiger partial charge in [0, 0.05) is 19.0 Å². The Kier molecular flexibility index (Phi) is 5.49. The third-order valence-electron chi connectivity index (χ3n) is 4.58. The van der Waals surface area contributed by atoms with Crippen LogP contribution in [0.1, 0.15) is 24.8 Å². The van der Waals surface area contributed by atoms with Crippen LogP contribution < -0.4 is 9.47 Å². The van der Waals surface area contributed by atoms with Crippen molar-refractivity contribution in [3.8, 4) is 11.5 Å². The lowest BCUT2D eigenvalue weighted by Crippen LogP contribution is -2.39. The van der Waals surface area contributed by atoms with Gasteiger partial charge in [0.2, 0.25) is 0 Å². The molecular formula is C20H22ClNO3. The monoisotopic (exact) mass is 359 g/mol. The Morgan fingerprint density at radius 1 is 1.20 bits per heavy atom. The molecule has 5 heteroatoms. The van der Waals surface area contributed by atoms with E-state index in [9.17, 15) is 4.79 Å². The number of nitrogens with zero attached hydrogens (tertiary/aromatic N) is 1. The number of benzene rings is 2. The molecule has 0 aromatic heterocycles. The van der Waals surface area contributed by atoms with Crippen LogP contribution in [0.4, 0.5) is 0 Å². The summed E-state index contributed by atoms with van der Waals surface area (Å²) in [6.45, 7) is 3.22. The first kappa shape index (κ1) is 17.6. The van der Waals surface area contributed by atoms with E-state index in [4.69, 9.17) is 21.1 Å². The largest absolute Gasteiger partial charge is 0.497 e. The Balaban J connectivity index is 1.60. The number of ether oxygens (including phenoxy) is 2. The molecular weight excluding hydrogens is 338 g/mol. The summed E-state index contributed by atoms with van der Waals surface area (Å²) < 4.78 is 10.9. The summed E-state index contributed by atoms with van der Waals surface area (Å²) in [5.74, 6) is 1.73. The average molecular weight is 360 g/mol. The first-order valence-electron chi connectivity index (χ1n) is 8.42. The molecule has 2 unspecified atom stereocenters. The molecule has 0 spiro atoms. The summed E-state index contributed by atoms with van der Waals surface area (Å²) in [4.78, 5) is 14.5. The summed E-state index contributed by atoms with van der Waals surface area (Å²) in [6, 6.07) is 15.3. The minimum absolute atomic E-state index is 0.00377. The fourth-order valence-electron chi connectivity index (χ4n) is 3.15. The highest BCUT2D eigenvalue weighted by Gasteiger charge is 2.30. The van der Waals surface area contributed by atoms with Crippen molar-refractivity contribution in [1.82, 2.24) is 4.90 Å². The van der Waals surface area contributed by atoms with E-state index in [0.29, 0.717) is 23.2 Å². The number of hydrogen-bond acceptors (Lipinski definition) is 3. The van der Waals surface area contributed by atoms with Gasteiger partial charge in [0.25, 0.3) is 5.91 Å². The Bertz CT molecular complexity index is 732. The summed E-state index contributed by atoms with van der Waals surface area (Å²) in [5.41, 5.74) is 1.23. The van der Waals surface area contributed by atoms with Gasteiger partial charge in [0.05, 0.1) is 12.1 Å². The molecule has 2 atom stereocenters. The molecule has 25 heavy (non-hydrogen) atoms. The quantitative estimate of drug-likeness (QED) is 0.805. The fraction of sp³-hybridized carbons (Fsp3) is 0.350. The normalized spacial score (nSPS) is 18.0. The number of halogens is 1. The highest BCUT2D eigenvalue weighted by atomic mass is 35.5. The second kappa shape index (κ2) is 7.79. The molecule has 4 nitrogen and oxygen atoms in total. The number of rotatable bonds is 5. The SMILES string of the molecule is COc1ccc(C2CCN(C(=O)C(C)Oc3ccccc3Cl)C2)cc1. The lowest BCUT2D eigenvalue weighted by atomic mass is 9.98. The lowest BCUT2D eigenvalue weighted by molar-refractivity contribution is -0.136. The molecule has 1 saturated heterocycles. The van der Waals surface area contributed by atoms with Crippen LogP contribution >= 0.6 is 11.6 Å². The van der Waals surface area contributed by atoms with Crippen molar-refractivity contribution in [1.29, 1.82) is 0 Å². The van der Waals surface area contributed by atoms with Gasteiger partial charge < -0.3 is 14.4 Å². The number of likely N-dealkylation sites (tertiary alicyclic amines) is 1. The molecule has 0 bridgehead atoms. The van der Waals surface area contributed by atoms with Crippen LogP contribution in [0.25, 0.3) is 0 Å². The van der Waals surface area contributed by atoms with E-state index >= 15 is 0 Å². The van der Waals surface area contributed by atoms with Crippen molar-refractivity contribution in [2.45, 2.75) is 25.4 Å². The van der Waals surface area contributed by atoms with Gasteiger partial charge in [-0.1, -0.05) is 35.9 Å². The third-order valence-corrected chi connectivity index (χ3v) is 4.89. The van der Waals surface area contributed by atoms with E-state index in [1.54, 1.807) is 26.2 Å². The first-order chi connectivity index (χ1) is 12.1. The molecule has 1 aliphatic rings. The molecule has 1 heterocycles. The lowest BCUT2D eigenvalue weighted by Gasteiger charge is -2.22. The van der Waals surface area contributed by atoms with E-state index < -0.39 is 6.10 Å². The van der Waals surface area contributed by atoms with E-state index in [-0.39, 0.29) is 5.91 Å². The van der Waals surface area contributed by atoms with Crippen molar-refractivity contribution < 1.29 is 14.3 Å². The highest BCUT2D eigenvalue weighted by molar-refractivity contribution is 6.32. The van der Waals surface area contributed by atoms with E-state index in [2.05, 4.69) is 12.1 Å². The van der Waals surface area contributed by atoms with Gasteiger partial charge in [0.15, 0.2) is 6.10 Å². The van der Waals surface area contributed by atoms with Gasteiger partial charge in [-0.2, -0.15) is 0 Å². The van der Waals surface area contributed by atoms with Crippen LogP contribution in [0.2, 0.25) is 5.02 Å². The standard InChI is InChI=1S/C20H22ClNO3/c1-14(25-19-6-4-3-5-18(19)21)20(23)22-12-11-16(13-22)15-7-9-17(24-2)10-8-15/h3-10,14,16H,11-13H2,1-2H3. The topological polar surface area (TPSA) is 38.8 Å². The summed E-state index contributed by atoms with van der Waals surface area (Å²) in [7, 11) is 1.66. The van der Waals surface area contributed by atoms with Crippen LogP contribution in [0.3, 0.4) is 0 Å². The Labute approximate surface area is 153 Å². The fourth-order valence-corrected chi connectivity index (χ4v) is 3.33. The van der Waals surface area contributed by atoms with Crippen LogP contribution in [0.15, 0.2) is 48.5 Å². The zero-order valence-corrected chi connectivity index (χ0v) is 15.2. The molecule has 1 amide bonds. The van der Waals surface area contributed by atoms with Crippen molar-refractivity contribution in [2.24, 2.45) is 0 Å². The van der Waals surface area contributed by atoms with E-state index in [1.807, 2.05) is 29.2 Å². The van der Waals surface area contributed by atoms with Gasteiger partial charge in [-0.05, 0) is 43.2 Å². The molecule has 1 aliphatic heterocycles. The van der Waals surface area contributed by atoms with Crippen LogP contribution in [0, 0.1) is 0 Å². The van der Waals surface area contributed by atoms with Gasteiger partial charge in [-0.15, -0.1) is 0 Å². The zero-order valence-electron chi connectivity index (χ0n) is 14.4. The summed E-state index contributed by atoms with van der Waals surface area (Å²) in [5, 5.41) is 0.514. The van der Waals surface area contributed by atoms with Crippen molar-refractivity contribution in [3.63, 3.8) is 0 Å². The van der Waals surface area contributed by atoms with Crippen molar-refractivity contribution in [2.75, 3.05) is 20.2 Å². The Hall–Kier alpha value is -2.20. The second-order valence-electron chi connectivity index (χ2n) is 6.23. The zero-order chi connectivity index (χ0) is 17.8. The van der Waals surface area contributed by atoms with Crippen LogP contribution in [-0.4, -0.2) is 37.1 Å². The molecule has 0 saturated carbocycles. The maximum absolute atomic E-state index is 12.7. The molecule has 132 valence electrons. The highest BCUT2D eigenvalue weighted by Crippen LogP contribution is 2.30. The smallest absolute Gasteiger partial charge is 0.263 e. The maximum atomic E-state index is 12.7. The average Bonchev–Trinajstić information content (AvgIpc) is 3.13. The number of methoxy groups -OCH3 is 1. The maximum Gasteiger partial charge on any atom is 0.263 e. The molecule has 0 radical (unpaired) electrons. The molecule has 3 rings (SSSR count). The minimum Gasteiger partial charge on any atom is -0.497 e. The Morgan fingerprint density at radius 2 is 1.92 bits per heavy atom. The predicted octanol–water partition coefficient (Wildman–Crippen LogP) is 4.13. The summed E-state index contributed by atoms with van der Waals surface area (Å²) in [6.07, 6.45) is 0.395. The number of carbonyl (C=O) groups is 1. The molecule has 0 N–H and O–H groups in total. The number of carbonyl (C=O) groups excluding carboxylic acids is 1. The van der Waals surface area contributed by atoms with Gasteiger partial charge >= 0.3 is 0 Å². The number of para-hydroxylation sites is 1. The third kappa shape index (κ3) is 4.07. The number of amides is 1. The van der Waals surface area contributed by atoms with Crippen molar-refractivity contribution in [3.05, 3.63) is 59.1 Å². The van der Waals surface area contributed by atoms with Crippen LogP contribution in [0.5, 0.6) is 11.5 Å². The molecule has 2 aromatic carbocycles. The molecule has 2 aromatic rings. The van der Waals surface area contributed by atoms with Crippen LogP contribution in [-0.2, 0) is 4.79 Å². The Morgan fingerprint density at radius 3 is 2.60 bits per heavy atom. The van der Waals surface area contributed by atoms with Gasteiger partial charge in [-0.3, -0.25) is 4.79 Å². The molecule has 1 fully saturated rings. The predicted molar refractivity (Wildman–Crippen MR) is 98.5 cm³/mol. The summed E-state index contributed by atoms with van der Waals surface area (Å²) >= 11 is 6.10. The van der Waals surface area contributed by atoms with E-state index in [1.165, 1.54) is 5.56 Å². The molecule has 0 aliphatic carbocycles. The van der Waals surface area contributed by atoms with Crippen molar-refractivity contribution >= 4 is 17.5 Å². The van der Waals surface area contributed by atoms with Gasteiger partial charge in [0.1, 0.15) is 11.5 Å². The second-order valence-corrected chi connectivity index (χ2v) is 6.64. The number of hydrogen-bond donors (Lipinski definition) is 0. The minimum atomic E-state index is -0.561.